The molecule has 1 atom stereocenters. The third kappa shape index (κ3) is 4.39. The van der Waals surface area contributed by atoms with Gasteiger partial charge in [0.1, 0.15) is 16.8 Å². The Morgan fingerprint density at radius 2 is 2.17 bits per heavy atom. The molecule has 3 aromatic rings. The van der Waals surface area contributed by atoms with Crippen molar-refractivity contribution in [1.29, 1.82) is 0 Å². The fourth-order valence-electron chi connectivity index (χ4n) is 3.78. The van der Waals surface area contributed by atoms with Crippen LogP contribution in [0.15, 0.2) is 29.0 Å². The minimum atomic E-state index is -1.41. The van der Waals surface area contributed by atoms with E-state index in [9.17, 15) is 0 Å². The Hall–Kier alpha value is -2.56. The fraction of sp³-hybridized carbons (Fsp3) is 0.429. The van der Waals surface area contributed by atoms with Crippen molar-refractivity contribution in [1.82, 2.24) is 19.9 Å². The van der Waals surface area contributed by atoms with Crippen LogP contribution in [0, 0.1) is 11.8 Å². The molecule has 6 nitrogen and oxygen atoms in total. The maximum absolute atomic E-state index is 15.4. The van der Waals surface area contributed by atoms with Crippen molar-refractivity contribution in [3.05, 3.63) is 41.2 Å². The molecule has 0 radical (unpaired) electrons. The van der Waals surface area contributed by atoms with Crippen molar-refractivity contribution in [2.75, 3.05) is 5.32 Å². The SMILES string of the molecule is CC#Cc1cn(C(F)NC2CCCCC2)c2c(NCc3ccco3)nc(Cl)nc12. The zero-order chi connectivity index (χ0) is 20.2. The van der Waals surface area contributed by atoms with Crippen molar-refractivity contribution in [2.24, 2.45) is 0 Å². The summed E-state index contributed by atoms with van der Waals surface area (Å²) in [4.78, 5) is 8.63. The number of rotatable bonds is 6. The quantitative estimate of drug-likeness (QED) is 0.336. The van der Waals surface area contributed by atoms with Crippen molar-refractivity contribution < 1.29 is 8.81 Å². The highest BCUT2D eigenvalue weighted by molar-refractivity contribution is 6.28. The van der Waals surface area contributed by atoms with E-state index < -0.39 is 6.42 Å². The first-order valence-corrected chi connectivity index (χ1v) is 10.2. The second-order valence-electron chi connectivity index (χ2n) is 7.13. The Labute approximate surface area is 173 Å². The van der Waals surface area contributed by atoms with E-state index in [0.717, 1.165) is 31.4 Å². The number of furan rings is 1. The smallest absolute Gasteiger partial charge is 0.231 e. The van der Waals surface area contributed by atoms with Crippen LogP contribution in [0.5, 0.6) is 0 Å². The molecule has 2 N–H and O–H groups in total. The molecule has 8 heteroatoms. The molecule has 0 aliphatic heterocycles. The van der Waals surface area contributed by atoms with E-state index in [4.69, 9.17) is 16.0 Å². The highest BCUT2D eigenvalue weighted by atomic mass is 35.5. The number of hydrogen-bond acceptors (Lipinski definition) is 5. The summed E-state index contributed by atoms with van der Waals surface area (Å²) in [7, 11) is 0. The minimum Gasteiger partial charge on any atom is -0.467 e. The van der Waals surface area contributed by atoms with Gasteiger partial charge in [0.15, 0.2) is 5.82 Å². The van der Waals surface area contributed by atoms with Crippen molar-refractivity contribution >= 4 is 28.5 Å². The first-order chi connectivity index (χ1) is 14.2. The van der Waals surface area contributed by atoms with Gasteiger partial charge in [0.2, 0.25) is 11.7 Å². The molecule has 3 heterocycles. The maximum Gasteiger partial charge on any atom is 0.231 e. The van der Waals surface area contributed by atoms with Crippen LogP contribution >= 0.6 is 11.6 Å². The van der Waals surface area contributed by atoms with Gasteiger partial charge < -0.3 is 9.73 Å². The Kier molecular flexibility index (Phi) is 6.02. The summed E-state index contributed by atoms with van der Waals surface area (Å²) in [6.07, 6.45) is 7.27. The lowest BCUT2D eigenvalue weighted by molar-refractivity contribution is 0.156. The molecule has 29 heavy (non-hydrogen) atoms. The first-order valence-electron chi connectivity index (χ1n) is 9.83. The topological polar surface area (TPSA) is 67.9 Å². The lowest BCUT2D eigenvalue weighted by atomic mass is 9.96. The number of fused-ring (bicyclic) bond motifs is 1. The standard InChI is InChI=1S/C21H23ClFN5O/c1-2-7-14-13-28(21(23)25-15-8-4-3-5-9-15)18-17(14)26-20(22)27-19(18)24-12-16-10-6-11-29-16/h6,10-11,13,15,21,25H,3-5,8-9,12H2,1H3,(H,24,26,27). The zero-order valence-corrected chi connectivity index (χ0v) is 17.0. The van der Waals surface area contributed by atoms with Crippen LogP contribution in [-0.2, 0) is 6.54 Å². The van der Waals surface area contributed by atoms with Crippen LogP contribution in [0.2, 0.25) is 5.28 Å². The molecule has 3 aromatic heterocycles. The molecule has 1 saturated carbocycles. The van der Waals surface area contributed by atoms with Gasteiger partial charge >= 0.3 is 0 Å². The Morgan fingerprint density at radius 1 is 1.34 bits per heavy atom. The molecule has 0 spiro atoms. The minimum absolute atomic E-state index is 0.0759. The van der Waals surface area contributed by atoms with Crippen LogP contribution in [0.25, 0.3) is 11.0 Å². The molecule has 4 rings (SSSR count). The van der Waals surface area contributed by atoms with Gasteiger partial charge in [0, 0.05) is 12.2 Å². The van der Waals surface area contributed by atoms with Crippen molar-refractivity contribution in [2.45, 2.75) is 58.0 Å². The van der Waals surface area contributed by atoms with Gasteiger partial charge in [0.05, 0.1) is 18.4 Å². The number of anilines is 1. The molecular weight excluding hydrogens is 393 g/mol. The Balaban J connectivity index is 1.72. The van der Waals surface area contributed by atoms with Gasteiger partial charge in [-0.05, 0) is 43.5 Å². The third-order valence-electron chi connectivity index (χ3n) is 5.13. The highest BCUT2D eigenvalue weighted by Gasteiger charge is 2.23. The van der Waals surface area contributed by atoms with Gasteiger partial charge in [-0.3, -0.25) is 9.88 Å². The van der Waals surface area contributed by atoms with Gasteiger partial charge in [-0.25, -0.2) is 9.37 Å². The maximum atomic E-state index is 15.4. The lowest BCUT2D eigenvalue weighted by Gasteiger charge is -2.25. The molecule has 0 aromatic carbocycles. The summed E-state index contributed by atoms with van der Waals surface area (Å²) in [6, 6.07) is 3.82. The number of hydrogen-bond donors (Lipinski definition) is 2. The molecular formula is C21H23ClFN5O. The monoisotopic (exact) mass is 415 g/mol. The molecule has 1 fully saturated rings. The van der Waals surface area contributed by atoms with E-state index in [1.165, 1.54) is 11.0 Å². The molecule has 0 bridgehead atoms. The summed E-state index contributed by atoms with van der Waals surface area (Å²) >= 11 is 6.15. The van der Waals surface area contributed by atoms with Crippen LogP contribution in [0.3, 0.4) is 0 Å². The predicted octanol–water partition coefficient (Wildman–Crippen LogP) is 5.01. The Bertz CT molecular complexity index is 1030. The van der Waals surface area contributed by atoms with Crippen molar-refractivity contribution in [3.8, 4) is 11.8 Å². The second kappa shape index (κ2) is 8.85. The van der Waals surface area contributed by atoms with Gasteiger partial charge in [0.25, 0.3) is 0 Å². The summed E-state index contributed by atoms with van der Waals surface area (Å²) < 4.78 is 22.2. The van der Waals surface area contributed by atoms with Gasteiger partial charge in [-0.2, -0.15) is 4.98 Å². The molecule has 0 amide bonds. The summed E-state index contributed by atoms with van der Waals surface area (Å²) in [6.45, 7) is 2.12. The number of nitrogens with one attached hydrogen (secondary N) is 2. The van der Waals surface area contributed by atoms with Crippen LogP contribution in [0.4, 0.5) is 10.2 Å². The molecule has 1 aliphatic carbocycles. The van der Waals surface area contributed by atoms with Crippen LogP contribution in [-0.4, -0.2) is 20.6 Å². The molecule has 1 unspecified atom stereocenters. The summed E-state index contributed by atoms with van der Waals surface area (Å²) in [5.74, 6) is 7.02. The predicted molar refractivity (Wildman–Crippen MR) is 111 cm³/mol. The summed E-state index contributed by atoms with van der Waals surface area (Å²) in [5.41, 5.74) is 1.66. The average molecular weight is 416 g/mol. The van der Waals surface area contributed by atoms with Gasteiger partial charge in [-0.15, -0.1) is 5.92 Å². The first kappa shape index (κ1) is 19.7. The van der Waals surface area contributed by atoms with E-state index in [-0.39, 0.29) is 11.3 Å². The van der Waals surface area contributed by atoms with E-state index in [2.05, 4.69) is 32.4 Å². The second-order valence-corrected chi connectivity index (χ2v) is 7.47. The number of aromatic nitrogens is 3. The molecule has 1 aliphatic rings. The number of halogens is 2. The molecule has 0 saturated heterocycles. The summed E-state index contributed by atoms with van der Waals surface area (Å²) in [5, 5.41) is 6.38. The fourth-order valence-corrected chi connectivity index (χ4v) is 3.95. The van der Waals surface area contributed by atoms with E-state index in [1.807, 2.05) is 12.1 Å². The van der Waals surface area contributed by atoms with Crippen molar-refractivity contribution in [3.63, 3.8) is 0 Å². The van der Waals surface area contributed by atoms with Crippen LogP contribution < -0.4 is 10.6 Å². The molecule has 152 valence electrons. The van der Waals surface area contributed by atoms with E-state index in [1.54, 1.807) is 19.4 Å². The van der Waals surface area contributed by atoms with E-state index in [0.29, 0.717) is 29.0 Å². The third-order valence-corrected chi connectivity index (χ3v) is 5.30. The average Bonchev–Trinajstić information content (AvgIpc) is 3.36. The largest absolute Gasteiger partial charge is 0.467 e. The zero-order valence-electron chi connectivity index (χ0n) is 16.2. The normalized spacial score (nSPS) is 15.8. The number of alkyl halides is 1. The Morgan fingerprint density at radius 3 is 2.90 bits per heavy atom. The van der Waals surface area contributed by atoms with E-state index >= 15 is 4.39 Å². The van der Waals surface area contributed by atoms with Crippen LogP contribution in [0.1, 0.15) is 56.8 Å². The van der Waals surface area contributed by atoms with Gasteiger partial charge in [-0.1, -0.05) is 25.2 Å². The highest BCUT2D eigenvalue weighted by Crippen LogP contribution is 2.30. The number of nitrogens with zero attached hydrogens (tertiary/aromatic N) is 3. The lowest BCUT2D eigenvalue weighted by Crippen LogP contribution is -2.35.